The fraction of sp³-hybridized carbons (Fsp3) is 0.333. The highest BCUT2D eigenvalue weighted by Crippen LogP contribution is 2.35. The van der Waals surface area contributed by atoms with E-state index >= 15 is 0 Å². The van der Waals surface area contributed by atoms with E-state index in [4.69, 9.17) is 4.98 Å². The van der Waals surface area contributed by atoms with Gasteiger partial charge in [0.1, 0.15) is 5.01 Å². The Morgan fingerprint density at radius 3 is 3.00 bits per heavy atom. The second kappa shape index (κ2) is 7.33. The molecule has 3 aromatic rings. The molecule has 1 atom stereocenters. The monoisotopic (exact) mass is 382 g/mol. The third-order valence-corrected chi connectivity index (χ3v) is 6.89. The maximum Gasteiger partial charge on any atom is 0.229 e. The topological polar surface area (TPSA) is 33.2 Å². The van der Waals surface area contributed by atoms with Gasteiger partial charge >= 0.3 is 0 Å². The average Bonchev–Trinajstić information content (AvgIpc) is 3.29. The molecule has 1 aliphatic rings. The minimum Gasteiger partial charge on any atom is -0.335 e. The van der Waals surface area contributed by atoms with Crippen LogP contribution in [-0.4, -0.2) is 22.3 Å². The van der Waals surface area contributed by atoms with E-state index < -0.39 is 0 Å². The summed E-state index contributed by atoms with van der Waals surface area (Å²) in [5, 5.41) is 5.16. The third-order valence-electron chi connectivity index (χ3n) is 4.95. The number of aromatic nitrogens is 1. The molecule has 1 aliphatic heterocycles. The predicted molar refractivity (Wildman–Crippen MR) is 109 cm³/mol. The average molecular weight is 383 g/mol. The maximum atomic E-state index is 13.0. The summed E-state index contributed by atoms with van der Waals surface area (Å²) in [6.07, 6.45) is 2.32. The summed E-state index contributed by atoms with van der Waals surface area (Å²) < 4.78 is 0. The van der Waals surface area contributed by atoms with Crippen LogP contribution in [0.1, 0.15) is 41.1 Å². The standard InChI is InChI=1S/C21H22N2OS2/c1-3-18-17-8-10-25-19(17)7-9-23(18)20(24)12-16-13-26-21(22-16)15-6-4-5-14(2)11-15/h4-6,8,10-11,13,18H,3,7,9,12H2,1-2H3. The van der Waals surface area contributed by atoms with E-state index in [1.54, 1.807) is 11.3 Å². The van der Waals surface area contributed by atoms with Gasteiger partial charge in [0.2, 0.25) is 5.91 Å². The molecular formula is C21H22N2OS2. The zero-order valence-corrected chi connectivity index (χ0v) is 16.7. The quantitative estimate of drug-likeness (QED) is 0.617. The lowest BCUT2D eigenvalue weighted by Crippen LogP contribution is -2.40. The van der Waals surface area contributed by atoms with Crippen LogP contribution in [0.25, 0.3) is 10.6 Å². The van der Waals surface area contributed by atoms with Gasteiger partial charge in [-0.25, -0.2) is 4.98 Å². The Kier molecular flexibility index (Phi) is 4.92. The molecule has 0 radical (unpaired) electrons. The second-order valence-corrected chi connectivity index (χ2v) is 8.61. The highest BCUT2D eigenvalue weighted by Gasteiger charge is 2.30. The van der Waals surface area contributed by atoms with E-state index in [2.05, 4.69) is 54.5 Å². The number of rotatable bonds is 4. The molecular weight excluding hydrogens is 360 g/mol. The number of thiazole rings is 1. The molecule has 0 saturated heterocycles. The van der Waals surface area contributed by atoms with E-state index in [9.17, 15) is 4.79 Å². The van der Waals surface area contributed by atoms with Gasteiger partial charge in [-0.05, 0) is 42.8 Å². The number of aryl methyl sites for hydroxylation is 1. The molecule has 2 aromatic heterocycles. The first-order valence-electron chi connectivity index (χ1n) is 9.03. The summed E-state index contributed by atoms with van der Waals surface area (Å²) in [4.78, 5) is 21.2. The van der Waals surface area contributed by atoms with Crippen molar-refractivity contribution < 1.29 is 4.79 Å². The summed E-state index contributed by atoms with van der Waals surface area (Å²) in [7, 11) is 0. The first kappa shape index (κ1) is 17.4. The molecule has 0 bridgehead atoms. The Hall–Kier alpha value is -1.98. The van der Waals surface area contributed by atoms with Gasteiger partial charge in [0.25, 0.3) is 0 Å². The number of carbonyl (C=O) groups is 1. The number of fused-ring (bicyclic) bond motifs is 1. The van der Waals surface area contributed by atoms with Gasteiger partial charge in [-0.15, -0.1) is 22.7 Å². The van der Waals surface area contributed by atoms with Crippen LogP contribution in [0.3, 0.4) is 0 Å². The maximum absolute atomic E-state index is 13.0. The van der Waals surface area contributed by atoms with Gasteiger partial charge in [0, 0.05) is 22.4 Å². The van der Waals surface area contributed by atoms with Crippen LogP contribution < -0.4 is 0 Å². The van der Waals surface area contributed by atoms with Crippen molar-refractivity contribution in [3.63, 3.8) is 0 Å². The van der Waals surface area contributed by atoms with Crippen molar-refractivity contribution in [2.24, 2.45) is 0 Å². The Bertz CT molecular complexity index is 928. The summed E-state index contributed by atoms with van der Waals surface area (Å²) >= 11 is 3.43. The van der Waals surface area contributed by atoms with Gasteiger partial charge < -0.3 is 4.90 Å². The van der Waals surface area contributed by atoms with Crippen molar-refractivity contribution in [1.82, 2.24) is 9.88 Å². The van der Waals surface area contributed by atoms with Crippen LogP contribution in [0, 0.1) is 6.92 Å². The molecule has 1 unspecified atom stereocenters. The number of carbonyl (C=O) groups excluding carboxylic acids is 1. The number of hydrogen-bond acceptors (Lipinski definition) is 4. The minimum atomic E-state index is 0.190. The third kappa shape index (κ3) is 3.33. The summed E-state index contributed by atoms with van der Waals surface area (Å²) in [6, 6.07) is 10.8. The van der Waals surface area contributed by atoms with Crippen molar-refractivity contribution >= 4 is 28.6 Å². The first-order valence-corrected chi connectivity index (χ1v) is 10.8. The molecule has 134 valence electrons. The van der Waals surface area contributed by atoms with Gasteiger partial charge in [-0.1, -0.05) is 30.7 Å². The Morgan fingerprint density at radius 2 is 2.19 bits per heavy atom. The zero-order valence-electron chi connectivity index (χ0n) is 15.1. The van der Waals surface area contributed by atoms with Crippen molar-refractivity contribution in [2.45, 2.75) is 39.2 Å². The fourth-order valence-electron chi connectivity index (χ4n) is 3.69. The molecule has 0 N–H and O–H groups in total. The molecule has 0 aliphatic carbocycles. The predicted octanol–water partition coefficient (Wildman–Crippen LogP) is 5.26. The van der Waals surface area contributed by atoms with Gasteiger partial charge in [-0.2, -0.15) is 0 Å². The van der Waals surface area contributed by atoms with Gasteiger partial charge in [0.05, 0.1) is 18.2 Å². The van der Waals surface area contributed by atoms with Crippen LogP contribution in [0.15, 0.2) is 41.1 Å². The molecule has 0 spiro atoms. The second-order valence-electron chi connectivity index (χ2n) is 6.75. The highest BCUT2D eigenvalue weighted by atomic mass is 32.1. The van der Waals surface area contributed by atoms with E-state index in [1.165, 1.54) is 16.0 Å². The van der Waals surface area contributed by atoms with Gasteiger partial charge in [-0.3, -0.25) is 4.79 Å². The SMILES string of the molecule is CCC1c2ccsc2CCN1C(=O)Cc1csc(-c2cccc(C)c2)n1. The van der Waals surface area contributed by atoms with E-state index in [-0.39, 0.29) is 11.9 Å². The largest absolute Gasteiger partial charge is 0.335 e. The molecule has 3 heterocycles. The number of benzene rings is 1. The lowest BCUT2D eigenvalue weighted by Gasteiger charge is -2.35. The van der Waals surface area contributed by atoms with Crippen molar-refractivity contribution in [2.75, 3.05) is 6.54 Å². The Balaban J connectivity index is 1.50. The molecule has 1 amide bonds. The highest BCUT2D eigenvalue weighted by molar-refractivity contribution is 7.13. The van der Waals surface area contributed by atoms with Crippen LogP contribution in [0.4, 0.5) is 0 Å². The fourth-order valence-corrected chi connectivity index (χ4v) is 5.44. The number of amides is 1. The summed E-state index contributed by atoms with van der Waals surface area (Å²) in [5.41, 5.74) is 4.57. The normalized spacial score (nSPS) is 16.5. The molecule has 0 fully saturated rings. The molecule has 1 aromatic carbocycles. The van der Waals surface area contributed by atoms with Crippen LogP contribution in [0.2, 0.25) is 0 Å². The number of nitrogens with zero attached hydrogens (tertiary/aromatic N) is 2. The summed E-state index contributed by atoms with van der Waals surface area (Å²) in [5.74, 6) is 0.190. The molecule has 3 nitrogen and oxygen atoms in total. The first-order chi connectivity index (χ1) is 12.7. The van der Waals surface area contributed by atoms with Crippen molar-refractivity contribution in [1.29, 1.82) is 0 Å². The van der Waals surface area contributed by atoms with Crippen LogP contribution >= 0.6 is 22.7 Å². The number of hydrogen-bond donors (Lipinski definition) is 0. The van der Waals surface area contributed by atoms with E-state index in [1.807, 2.05) is 16.7 Å². The Labute approximate surface area is 162 Å². The number of thiophene rings is 1. The van der Waals surface area contributed by atoms with Crippen molar-refractivity contribution in [3.05, 3.63) is 62.8 Å². The molecule has 0 saturated carbocycles. The summed E-state index contributed by atoms with van der Waals surface area (Å²) in [6.45, 7) is 5.07. The lowest BCUT2D eigenvalue weighted by molar-refractivity contribution is -0.133. The van der Waals surface area contributed by atoms with Crippen molar-refractivity contribution in [3.8, 4) is 10.6 Å². The van der Waals surface area contributed by atoms with Gasteiger partial charge in [0.15, 0.2) is 0 Å². The lowest BCUT2D eigenvalue weighted by atomic mass is 9.97. The van der Waals surface area contributed by atoms with E-state index in [0.29, 0.717) is 6.42 Å². The van der Waals surface area contributed by atoms with E-state index in [0.717, 1.165) is 35.7 Å². The zero-order chi connectivity index (χ0) is 18.1. The molecule has 4 rings (SSSR count). The minimum absolute atomic E-state index is 0.190. The van der Waals surface area contributed by atoms with Crippen LogP contribution in [0.5, 0.6) is 0 Å². The smallest absolute Gasteiger partial charge is 0.229 e. The van der Waals surface area contributed by atoms with Crippen LogP contribution in [-0.2, 0) is 17.6 Å². The molecule has 26 heavy (non-hydrogen) atoms. The molecule has 5 heteroatoms. The Morgan fingerprint density at radius 1 is 1.31 bits per heavy atom.